The third-order valence-electron chi connectivity index (χ3n) is 2.34. The van der Waals surface area contributed by atoms with E-state index in [1.165, 1.54) is 0 Å². The molecule has 0 saturated heterocycles. The van der Waals surface area contributed by atoms with Gasteiger partial charge in [0.2, 0.25) is 0 Å². The molecule has 1 rings (SSSR count). The maximum atomic E-state index is 6.23. The number of nitrogens with zero attached hydrogens (tertiary/aromatic N) is 2. The molecule has 3 nitrogen and oxygen atoms in total. The van der Waals surface area contributed by atoms with Gasteiger partial charge in [-0.15, -0.1) is 0 Å². The lowest BCUT2D eigenvalue weighted by molar-refractivity contribution is 0.651. The van der Waals surface area contributed by atoms with Gasteiger partial charge in [-0.05, 0) is 12.7 Å². The molecule has 2 N–H and O–H groups in total. The topological polar surface area (TPSA) is 43.8 Å². The van der Waals surface area contributed by atoms with Gasteiger partial charge < -0.3 is 5.73 Å². The molecule has 0 saturated carbocycles. The van der Waals surface area contributed by atoms with Crippen molar-refractivity contribution in [1.82, 2.24) is 9.78 Å². The molecule has 5 heteroatoms. The standard InChI is InChI=1S/C10H18ClN3S/c1-4-8-10(11)9(14(2)13-8)5-7(12)6-15-3/h7H,4-6,12H2,1-3H3. The Morgan fingerprint density at radius 3 is 2.73 bits per heavy atom. The monoisotopic (exact) mass is 247 g/mol. The second-order valence-electron chi connectivity index (χ2n) is 3.60. The van der Waals surface area contributed by atoms with Crippen LogP contribution in [-0.2, 0) is 19.9 Å². The van der Waals surface area contributed by atoms with E-state index in [0.29, 0.717) is 0 Å². The zero-order valence-electron chi connectivity index (χ0n) is 9.46. The smallest absolute Gasteiger partial charge is 0.0850 e. The van der Waals surface area contributed by atoms with Crippen molar-refractivity contribution in [2.75, 3.05) is 12.0 Å². The molecule has 1 unspecified atom stereocenters. The van der Waals surface area contributed by atoms with E-state index in [1.54, 1.807) is 11.8 Å². The summed E-state index contributed by atoms with van der Waals surface area (Å²) in [7, 11) is 1.92. The SMILES string of the molecule is CCc1nn(C)c(CC(N)CSC)c1Cl. The number of thioether (sulfide) groups is 1. The summed E-state index contributed by atoms with van der Waals surface area (Å²) in [5.41, 5.74) is 8.00. The first-order valence-corrected chi connectivity index (χ1v) is 6.82. The second-order valence-corrected chi connectivity index (χ2v) is 4.89. The van der Waals surface area contributed by atoms with Crippen LogP contribution in [0.5, 0.6) is 0 Å². The highest BCUT2D eigenvalue weighted by molar-refractivity contribution is 7.98. The molecule has 0 aromatic carbocycles. The third kappa shape index (κ3) is 3.13. The van der Waals surface area contributed by atoms with Gasteiger partial charge in [-0.2, -0.15) is 16.9 Å². The highest BCUT2D eigenvalue weighted by atomic mass is 35.5. The molecule has 0 spiro atoms. The van der Waals surface area contributed by atoms with Crippen LogP contribution in [0.2, 0.25) is 5.02 Å². The van der Waals surface area contributed by atoms with Gasteiger partial charge in [0, 0.05) is 25.3 Å². The molecule has 0 bridgehead atoms. The van der Waals surface area contributed by atoms with E-state index in [2.05, 4.69) is 18.3 Å². The predicted octanol–water partition coefficient (Wildman–Crippen LogP) is 1.87. The van der Waals surface area contributed by atoms with Crippen molar-refractivity contribution in [3.63, 3.8) is 0 Å². The van der Waals surface area contributed by atoms with Crippen LogP contribution in [0.25, 0.3) is 0 Å². The Morgan fingerprint density at radius 2 is 2.27 bits per heavy atom. The van der Waals surface area contributed by atoms with Crippen LogP contribution in [0.3, 0.4) is 0 Å². The largest absolute Gasteiger partial charge is 0.327 e. The van der Waals surface area contributed by atoms with E-state index in [1.807, 2.05) is 11.7 Å². The summed E-state index contributed by atoms with van der Waals surface area (Å²) in [6.07, 6.45) is 3.72. The Hall–Kier alpha value is -0.190. The molecule has 15 heavy (non-hydrogen) atoms. The van der Waals surface area contributed by atoms with Gasteiger partial charge in [-0.3, -0.25) is 4.68 Å². The first-order chi connectivity index (χ1) is 7.10. The average Bonchev–Trinajstić information content (AvgIpc) is 2.45. The van der Waals surface area contributed by atoms with Gasteiger partial charge in [-0.1, -0.05) is 18.5 Å². The number of nitrogens with two attached hydrogens (primary N) is 1. The molecule has 0 fully saturated rings. The van der Waals surface area contributed by atoms with Gasteiger partial charge in [0.1, 0.15) is 0 Å². The summed E-state index contributed by atoms with van der Waals surface area (Å²) in [6, 6.07) is 0.151. The second kappa shape index (κ2) is 5.77. The van der Waals surface area contributed by atoms with Crippen LogP contribution in [0.1, 0.15) is 18.3 Å². The minimum Gasteiger partial charge on any atom is -0.327 e. The van der Waals surface area contributed by atoms with E-state index >= 15 is 0 Å². The maximum Gasteiger partial charge on any atom is 0.0850 e. The first kappa shape index (κ1) is 12.9. The van der Waals surface area contributed by atoms with Crippen molar-refractivity contribution in [2.24, 2.45) is 12.8 Å². The fourth-order valence-electron chi connectivity index (χ4n) is 1.56. The summed E-state index contributed by atoms with van der Waals surface area (Å²) < 4.78 is 1.85. The molecular formula is C10H18ClN3S. The minimum atomic E-state index is 0.151. The predicted molar refractivity (Wildman–Crippen MR) is 67.7 cm³/mol. The lowest BCUT2D eigenvalue weighted by Gasteiger charge is -2.10. The molecule has 0 aliphatic rings. The Kier molecular flexibility index (Phi) is 4.96. The summed E-state index contributed by atoms with van der Waals surface area (Å²) in [5, 5.41) is 5.15. The molecule has 86 valence electrons. The van der Waals surface area contributed by atoms with Crippen molar-refractivity contribution in [3.05, 3.63) is 16.4 Å². The lowest BCUT2D eigenvalue weighted by Crippen LogP contribution is -2.26. The zero-order chi connectivity index (χ0) is 11.4. The highest BCUT2D eigenvalue weighted by Crippen LogP contribution is 2.22. The summed E-state index contributed by atoms with van der Waals surface area (Å²) >= 11 is 7.98. The molecule has 0 aliphatic carbocycles. The van der Waals surface area contributed by atoms with Gasteiger partial charge in [-0.25, -0.2) is 0 Å². The number of rotatable bonds is 5. The molecule has 1 heterocycles. The van der Waals surface area contributed by atoms with Gasteiger partial charge in [0.05, 0.1) is 16.4 Å². The van der Waals surface area contributed by atoms with Crippen molar-refractivity contribution in [2.45, 2.75) is 25.8 Å². The summed E-state index contributed by atoms with van der Waals surface area (Å²) in [4.78, 5) is 0. The molecular weight excluding hydrogens is 230 g/mol. The van der Waals surface area contributed by atoms with E-state index in [0.717, 1.165) is 35.0 Å². The number of aryl methyl sites for hydroxylation is 2. The fourth-order valence-corrected chi connectivity index (χ4v) is 2.48. The van der Waals surface area contributed by atoms with E-state index < -0.39 is 0 Å². The Labute approximate surface area is 100 Å². The quantitative estimate of drug-likeness (QED) is 0.864. The first-order valence-electron chi connectivity index (χ1n) is 5.04. The maximum absolute atomic E-state index is 6.23. The fraction of sp³-hybridized carbons (Fsp3) is 0.700. The van der Waals surface area contributed by atoms with Crippen molar-refractivity contribution in [1.29, 1.82) is 0 Å². The van der Waals surface area contributed by atoms with Gasteiger partial charge in [0.15, 0.2) is 0 Å². The van der Waals surface area contributed by atoms with Crippen LogP contribution < -0.4 is 5.73 Å². The molecule has 0 aliphatic heterocycles. The Balaban J connectivity index is 2.80. The lowest BCUT2D eigenvalue weighted by atomic mass is 10.2. The molecule has 1 atom stereocenters. The number of hydrogen-bond acceptors (Lipinski definition) is 3. The van der Waals surface area contributed by atoms with Crippen LogP contribution in [-0.4, -0.2) is 27.8 Å². The number of halogens is 1. The van der Waals surface area contributed by atoms with Crippen LogP contribution in [0.15, 0.2) is 0 Å². The molecule has 1 aromatic heterocycles. The highest BCUT2D eigenvalue weighted by Gasteiger charge is 2.15. The summed E-state index contributed by atoms with van der Waals surface area (Å²) in [6.45, 7) is 2.06. The van der Waals surface area contributed by atoms with E-state index in [-0.39, 0.29) is 6.04 Å². The number of hydrogen-bond donors (Lipinski definition) is 1. The molecule has 0 radical (unpaired) electrons. The van der Waals surface area contributed by atoms with Crippen LogP contribution >= 0.6 is 23.4 Å². The summed E-state index contributed by atoms with van der Waals surface area (Å²) in [5.74, 6) is 0.947. The van der Waals surface area contributed by atoms with Gasteiger partial charge in [0.25, 0.3) is 0 Å². The van der Waals surface area contributed by atoms with Crippen LogP contribution in [0.4, 0.5) is 0 Å². The van der Waals surface area contributed by atoms with Crippen molar-refractivity contribution < 1.29 is 0 Å². The Morgan fingerprint density at radius 1 is 1.60 bits per heavy atom. The zero-order valence-corrected chi connectivity index (χ0v) is 11.0. The van der Waals surface area contributed by atoms with Crippen molar-refractivity contribution >= 4 is 23.4 Å². The minimum absolute atomic E-state index is 0.151. The number of aromatic nitrogens is 2. The van der Waals surface area contributed by atoms with Crippen molar-refractivity contribution in [3.8, 4) is 0 Å². The van der Waals surface area contributed by atoms with E-state index in [9.17, 15) is 0 Å². The molecule has 1 aromatic rings. The molecule has 0 amide bonds. The van der Waals surface area contributed by atoms with Crippen LogP contribution in [0, 0.1) is 0 Å². The van der Waals surface area contributed by atoms with Gasteiger partial charge >= 0.3 is 0 Å². The normalized spacial score (nSPS) is 13.1. The Bertz CT molecular complexity index is 325. The van der Waals surface area contributed by atoms with E-state index in [4.69, 9.17) is 17.3 Å². The average molecular weight is 248 g/mol. The third-order valence-corrected chi connectivity index (χ3v) is 3.54.